The first-order valence-corrected chi connectivity index (χ1v) is 6.80. The van der Waals surface area contributed by atoms with Crippen molar-refractivity contribution in [2.45, 2.75) is 13.8 Å². The number of benzene rings is 2. The van der Waals surface area contributed by atoms with Gasteiger partial charge in [-0.2, -0.15) is 0 Å². The molecule has 2 aromatic rings. The topological polar surface area (TPSA) is 109 Å². The maximum absolute atomic E-state index is 12.1. The molecule has 0 saturated carbocycles. The lowest BCUT2D eigenvalue weighted by Gasteiger charge is -2.03. The van der Waals surface area contributed by atoms with Crippen LogP contribution in [0.5, 0.6) is 0 Å². The lowest BCUT2D eigenvalue weighted by Crippen LogP contribution is -2.75. The van der Waals surface area contributed by atoms with Crippen LogP contribution in [0.25, 0.3) is 0 Å². The second-order valence-corrected chi connectivity index (χ2v) is 5.03. The van der Waals surface area contributed by atoms with Crippen molar-refractivity contribution in [2.75, 3.05) is 0 Å². The molecule has 0 heterocycles. The van der Waals surface area contributed by atoms with Crippen LogP contribution in [0.3, 0.4) is 0 Å². The van der Waals surface area contributed by atoms with Gasteiger partial charge in [0.2, 0.25) is 0 Å². The van der Waals surface area contributed by atoms with E-state index in [9.17, 15) is 14.9 Å². The molecule has 0 spiro atoms. The molecule has 0 bridgehead atoms. The molecular formula is C16H16N3O4+. The summed E-state index contributed by atoms with van der Waals surface area (Å²) >= 11 is 0. The first-order valence-electron chi connectivity index (χ1n) is 6.80. The number of carbonyl (C=O) groups is 1. The van der Waals surface area contributed by atoms with Gasteiger partial charge >= 0.3 is 11.8 Å². The molecule has 2 rings (SSSR count). The van der Waals surface area contributed by atoms with Gasteiger partial charge in [-0.1, -0.05) is 22.9 Å². The third-order valence-corrected chi connectivity index (χ3v) is 3.26. The zero-order valence-electron chi connectivity index (χ0n) is 12.7. The van der Waals surface area contributed by atoms with E-state index in [-0.39, 0.29) is 11.5 Å². The second-order valence-electron chi connectivity index (χ2n) is 5.03. The fourth-order valence-corrected chi connectivity index (χ4v) is 1.93. The first kappa shape index (κ1) is 16.2. The summed E-state index contributed by atoms with van der Waals surface area (Å²) in [5.74, 6) is -0.477. The summed E-state index contributed by atoms with van der Waals surface area (Å²) in [5.41, 5.74) is 8.37. The zero-order chi connectivity index (χ0) is 17.0. The summed E-state index contributed by atoms with van der Waals surface area (Å²) in [7, 11) is 0. The van der Waals surface area contributed by atoms with E-state index in [1.54, 1.807) is 13.0 Å². The number of nitrogens with one attached hydrogen (secondary N) is 1. The van der Waals surface area contributed by atoms with Crippen LogP contribution in [0.4, 0.5) is 5.69 Å². The summed E-state index contributed by atoms with van der Waals surface area (Å²) in [6.07, 6.45) is 0. The summed E-state index contributed by atoms with van der Waals surface area (Å²) in [4.78, 5) is 27.1. The van der Waals surface area contributed by atoms with Crippen LogP contribution in [-0.2, 0) is 4.84 Å². The Hall–Kier alpha value is -3.22. The molecule has 0 aliphatic rings. The number of carbonyl (C=O) groups excluding carboxylic acids is 1. The highest BCUT2D eigenvalue weighted by molar-refractivity contribution is 5.94. The highest BCUT2D eigenvalue weighted by Crippen LogP contribution is 2.12. The van der Waals surface area contributed by atoms with E-state index < -0.39 is 10.9 Å². The minimum absolute atomic E-state index is 0.0473. The van der Waals surface area contributed by atoms with Gasteiger partial charge in [0.25, 0.3) is 5.69 Å². The molecule has 7 nitrogen and oxygen atoms in total. The fraction of sp³-hybridized carbons (Fsp3) is 0.125. The lowest BCUT2D eigenvalue weighted by atomic mass is 10.1. The lowest BCUT2D eigenvalue weighted by molar-refractivity contribution is -0.721. The van der Waals surface area contributed by atoms with Crippen molar-refractivity contribution >= 4 is 17.5 Å². The Morgan fingerprint density at radius 3 is 2.43 bits per heavy atom. The number of nitrogens with zero attached hydrogens (tertiary/aromatic N) is 1. The number of hydrogen-bond acceptors (Lipinski definition) is 4. The predicted molar refractivity (Wildman–Crippen MR) is 83.7 cm³/mol. The molecule has 3 N–H and O–H groups in total. The largest absolute Gasteiger partial charge is 0.388 e. The van der Waals surface area contributed by atoms with Crippen LogP contribution in [0.2, 0.25) is 0 Å². The number of aryl methyl sites for hydroxylation is 2. The van der Waals surface area contributed by atoms with Gasteiger partial charge in [0.15, 0.2) is 0 Å². The molecule has 0 saturated heterocycles. The highest BCUT2D eigenvalue weighted by atomic mass is 16.7. The molecule has 7 heteroatoms. The normalized spacial score (nSPS) is 11.1. The number of nitro benzene ring substituents is 1. The van der Waals surface area contributed by atoms with E-state index in [4.69, 9.17) is 10.6 Å². The third-order valence-electron chi connectivity index (χ3n) is 3.26. The van der Waals surface area contributed by atoms with Crippen LogP contribution in [0.15, 0.2) is 42.5 Å². The Balaban J connectivity index is 2.13. The van der Waals surface area contributed by atoms with Gasteiger partial charge in [-0.15, -0.1) is 0 Å². The van der Waals surface area contributed by atoms with Gasteiger partial charge in [-0.05, 0) is 37.6 Å². The smallest absolute Gasteiger partial charge is 0.284 e. The average Bonchev–Trinajstić information content (AvgIpc) is 2.54. The van der Waals surface area contributed by atoms with E-state index in [0.717, 1.165) is 11.1 Å². The van der Waals surface area contributed by atoms with Gasteiger partial charge in [0.05, 0.1) is 16.1 Å². The SMILES string of the molecule is Cc1ccc(C)c(C(=O)O[NH+]=C(N)c2ccc([N+](=O)[O-])cc2)c1. The Bertz CT molecular complexity index is 782. The standard InChI is InChI=1S/C16H15N3O4/c1-10-3-4-11(2)14(9-10)16(20)23-18-15(17)12-5-7-13(8-6-12)19(21)22/h3-9H,1-2H3,(H2,17,18)/p+1. The zero-order valence-corrected chi connectivity index (χ0v) is 12.7. The Labute approximate surface area is 132 Å². The Morgan fingerprint density at radius 1 is 1.17 bits per heavy atom. The molecule has 0 aliphatic carbocycles. The third kappa shape index (κ3) is 3.91. The molecule has 0 fully saturated rings. The van der Waals surface area contributed by atoms with Gasteiger partial charge in [0.1, 0.15) is 0 Å². The Morgan fingerprint density at radius 2 is 1.83 bits per heavy atom. The molecule has 0 atom stereocenters. The van der Waals surface area contributed by atoms with Crippen LogP contribution in [-0.4, -0.2) is 16.7 Å². The maximum Gasteiger partial charge on any atom is 0.388 e. The Kier molecular flexibility index (Phi) is 4.70. The predicted octanol–water partition coefficient (Wildman–Crippen LogP) is 0.770. The first-order chi connectivity index (χ1) is 10.9. The fourth-order valence-electron chi connectivity index (χ4n) is 1.93. The van der Waals surface area contributed by atoms with Crippen molar-refractivity contribution in [1.29, 1.82) is 0 Å². The molecule has 0 amide bonds. The number of nitrogen functional groups attached to an aromatic ring is 1. The van der Waals surface area contributed by atoms with E-state index in [2.05, 4.69) is 5.16 Å². The number of rotatable bonds is 4. The number of nitrogens with two attached hydrogens (primary N) is 1. The van der Waals surface area contributed by atoms with E-state index in [1.807, 2.05) is 19.1 Å². The van der Waals surface area contributed by atoms with Crippen LogP contribution >= 0.6 is 0 Å². The molecular weight excluding hydrogens is 298 g/mol. The van der Waals surface area contributed by atoms with Crippen molar-refractivity contribution in [3.05, 3.63) is 74.8 Å². The summed E-state index contributed by atoms with van der Waals surface area (Å²) in [6, 6.07) is 11.0. The van der Waals surface area contributed by atoms with Crippen molar-refractivity contribution in [3.63, 3.8) is 0 Å². The second kappa shape index (κ2) is 6.69. The molecule has 0 unspecified atom stereocenters. The van der Waals surface area contributed by atoms with Gasteiger partial charge < -0.3 is 0 Å². The molecule has 0 aliphatic heterocycles. The van der Waals surface area contributed by atoms with Crippen LogP contribution in [0, 0.1) is 24.0 Å². The van der Waals surface area contributed by atoms with Crippen molar-refractivity contribution in [3.8, 4) is 0 Å². The van der Waals surface area contributed by atoms with Gasteiger partial charge in [0, 0.05) is 12.1 Å². The van der Waals surface area contributed by atoms with Gasteiger partial charge in [-0.3, -0.25) is 20.7 Å². The van der Waals surface area contributed by atoms with Crippen molar-refractivity contribution in [1.82, 2.24) is 0 Å². The van der Waals surface area contributed by atoms with Crippen molar-refractivity contribution in [2.24, 2.45) is 5.73 Å². The average molecular weight is 314 g/mol. The number of nitro groups is 1. The van der Waals surface area contributed by atoms with E-state index >= 15 is 0 Å². The number of non-ortho nitro benzene ring substituents is 1. The molecule has 23 heavy (non-hydrogen) atoms. The summed E-state index contributed by atoms with van der Waals surface area (Å²) in [5, 5.41) is 13.0. The van der Waals surface area contributed by atoms with Crippen LogP contribution in [0.1, 0.15) is 27.0 Å². The summed E-state index contributed by atoms with van der Waals surface area (Å²) < 4.78 is 0. The molecule has 118 valence electrons. The highest BCUT2D eigenvalue weighted by Gasteiger charge is 2.14. The summed E-state index contributed by atoms with van der Waals surface area (Å²) in [6.45, 7) is 3.68. The van der Waals surface area contributed by atoms with E-state index in [0.29, 0.717) is 11.1 Å². The minimum Gasteiger partial charge on any atom is -0.284 e. The maximum atomic E-state index is 12.1. The molecule has 0 radical (unpaired) electrons. The number of amidine groups is 1. The monoisotopic (exact) mass is 314 g/mol. The quantitative estimate of drug-likeness (QED) is 0.285. The number of hydrogen-bond donors (Lipinski definition) is 2. The van der Waals surface area contributed by atoms with Gasteiger partial charge in [-0.25, -0.2) is 4.79 Å². The molecule has 0 aromatic heterocycles. The minimum atomic E-state index is -0.559. The van der Waals surface area contributed by atoms with Crippen molar-refractivity contribution < 1.29 is 19.7 Å². The molecule has 2 aromatic carbocycles. The van der Waals surface area contributed by atoms with E-state index in [1.165, 1.54) is 24.3 Å². The van der Waals surface area contributed by atoms with Crippen LogP contribution < -0.4 is 10.9 Å².